The molecule has 0 spiro atoms. The van der Waals surface area contributed by atoms with Gasteiger partial charge in [-0.25, -0.2) is 0 Å². The Morgan fingerprint density at radius 1 is 1.29 bits per heavy atom. The third-order valence-corrected chi connectivity index (χ3v) is 2.98. The van der Waals surface area contributed by atoms with Crippen LogP contribution in [0.4, 0.5) is 0 Å². The Kier molecular flexibility index (Phi) is 6.80. The number of nitrogens with two attached hydrogens (primary N) is 1. The van der Waals surface area contributed by atoms with Crippen molar-refractivity contribution in [3.8, 4) is 0 Å². The number of esters is 1. The van der Waals surface area contributed by atoms with Gasteiger partial charge < -0.3 is 15.4 Å². The Morgan fingerprint density at radius 2 is 1.82 bits per heavy atom. The molecule has 0 aliphatic rings. The first-order chi connectivity index (χ1) is 7.84. The fraction of sp³-hybridized carbons (Fsp3) is 0.833. The third kappa shape index (κ3) is 4.73. The molecule has 5 nitrogen and oxygen atoms in total. The summed E-state index contributed by atoms with van der Waals surface area (Å²) in [6, 6.07) is -0.635. The normalized spacial score (nSPS) is 14.3. The monoisotopic (exact) mass is 244 g/mol. The highest BCUT2D eigenvalue weighted by atomic mass is 16.5. The molecule has 1 amide bonds. The van der Waals surface area contributed by atoms with Crippen LogP contribution in [0.25, 0.3) is 0 Å². The van der Waals surface area contributed by atoms with Gasteiger partial charge in [0.15, 0.2) is 0 Å². The minimum atomic E-state index is -0.563. The highest BCUT2D eigenvalue weighted by Crippen LogP contribution is 2.10. The van der Waals surface area contributed by atoms with Crippen LogP contribution in [0.2, 0.25) is 0 Å². The van der Waals surface area contributed by atoms with Crippen molar-refractivity contribution < 1.29 is 14.3 Å². The first-order valence-electron chi connectivity index (χ1n) is 5.97. The maximum atomic E-state index is 12.1. The zero-order chi connectivity index (χ0) is 13.6. The van der Waals surface area contributed by atoms with Crippen molar-refractivity contribution in [3.63, 3.8) is 0 Å². The SMILES string of the molecule is CC[C@H](C)[C@H](N)C(=O)N(CC(=O)OC)C(C)C. The standard InChI is InChI=1S/C12H24N2O3/c1-6-9(4)11(13)12(16)14(8(2)3)7-10(15)17-5/h8-9,11H,6-7,13H2,1-5H3/t9-,11-/m0/s1. The van der Waals surface area contributed by atoms with Crippen LogP contribution in [-0.4, -0.2) is 42.5 Å². The molecule has 5 heteroatoms. The number of amides is 1. The van der Waals surface area contributed by atoms with Crippen LogP contribution >= 0.6 is 0 Å². The van der Waals surface area contributed by atoms with E-state index >= 15 is 0 Å². The first kappa shape index (κ1) is 15.9. The average Bonchev–Trinajstić information content (AvgIpc) is 2.32. The van der Waals surface area contributed by atoms with Crippen LogP contribution in [0.5, 0.6) is 0 Å². The van der Waals surface area contributed by atoms with E-state index in [1.165, 1.54) is 12.0 Å². The van der Waals surface area contributed by atoms with Gasteiger partial charge in [0.25, 0.3) is 0 Å². The minimum Gasteiger partial charge on any atom is -0.468 e. The lowest BCUT2D eigenvalue weighted by molar-refractivity contribution is -0.149. The van der Waals surface area contributed by atoms with Crippen LogP contribution < -0.4 is 5.73 Å². The molecule has 0 saturated carbocycles. The molecule has 0 saturated heterocycles. The summed E-state index contributed by atoms with van der Waals surface area (Å²) in [6.07, 6.45) is 0.830. The van der Waals surface area contributed by atoms with E-state index < -0.39 is 12.0 Å². The second-order valence-electron chi connectivity index (χ2n) is 4.55. The molecule has 2 N–H and O–H groups in total. The number of nitrogens with zero attached hydrogens (tertiary/aromatic N) is 1. The van der Waals surface area contributed by atoms with Gasteiger partial charge in [0.05, 0.1) is 13.2 Å². The van der Waals surface area contributed by atoms with Gasteiger partial charge in [0.1, 0.15) is 6.54 Å². The van der Waals surface area contributed by atoms with Crippen LogP contribution in [-0.2, 0) is 14.3 Å². The summed E-state index contributed by atoms with van der Waals surface area (Å²) in [5.74, 6) is -0.524. The second-order valence-corrected chi connectivity index (χ2v) is 4.55. The predicted octanol–water partition coefficient (Wildman–Crippen LogP) is 0.770. The molecule has 0 fully saturated rings. The van der Waals surface area contributed by atoms with Gasteiger partial charge in [0, 0.05) is 6.04 Å². The van der Waals surface area contributed by atoms with E-state index in [2.05, 4.69) is 4.74 Å². The number of hydrogen-bond acceptors (Lipinski definition) is 4. The van der Waals surface area contributed by atoms with E-state index in [1.807, 2.05) is 27.7 Å². The zero-order valence-electron chi connectivity index (χ0n) is 11.4. The summed E-state index contributed by atoms with van der Waals surface area (Å²) >= 11 is 0. The van der Waals surface area contributed by atoms with Gasteiger partial charge in [-0.1, -0.05) is 20.3 Å². The lowest BCUT2D eigenvalue weighted by Gasteiger charge is -2.30. The van der Waals surface area contributed by atoms with Crippen LogP contribution in [0.1, 0.15) is 34.1 Å². The van der Waals surface area contributed by atoms with Crippen molar-refractivity contribution in [2.24, 2.45) is 11.7 Å². The number of carbonyl (C=O) groups excluding carboxylic acids is 2. The van der Waals surface area contributed by atoms with Crippen molar-refractivity contribution in [2.45, 2.75) is 46.2 Å². The highest BCUT2D eigenvalue weighted by molar-refractivity contribution is 5.86. The maximum absolute atomic E-state index is 12.1. The van der Waals surface area contributed by atoms with Crippen molar-refractivity contribution >= 4 is 11.9 Å². The number of methoxy groups -OCH3 is 1. The molecule has 0 heterocycles. The molecule has 0 rings (SSSR count). The van der Waals surface area contributed by atoms with E-state index in [4.69, 9.17) is 5.73 Å². The summed E-state index contributed by atoms with van der Waals surface area (Å²) in [5.41, 5.74) is 5.88. The van der Waals surface area contributed by atoms with E-state index in [9.17, 15) is 9.59 Å². The van der Waals surface area contributed by atoms with E-state index in [0.717, 1.165) is 6.42 Å². The van der Waals surface area contributed by atoms with Crippen LogP contribution in [0.3, 0.4) is 0 Å². The van der Waals surface area contributed by atoms with Gasteiger partial charge in [0.2, 0.25) is 5.91 Å². The molecule has 0 radical (unpaired) electrons. The van der Waals surface area contributed by atoms with Gasteiger partial charge in [-0.3, -0.25) is 9.59 Å². The smallest absolute Gasteiger partial charge is 0.325 e. The Balaban J connectivity index is 4.71. The molecule has 0 aromatic heterocycles. The summed E-state index contributed by atoms with van der Waals surface area (Å²) in [6.45, 7) is 7.57. The quantitative estimate of drug-likeness (QED) is 0.700. The predicted molar refractivity (Wildman–Crippen MR) is 66.3 cm³/mol. The fourth-order valence-electron chi connectivity index (χ4n) is 1.41. The minimum absolute atomic E-state index is 0.0445. The van der Waals surface area contributed by atoms with E-state index in [1.54, 1.807) is 0 Å². The second kappa shape index (κ2) is 7.27. The van der Waals surface area contributed by atoms with Crippen molar-refractivity contribution in [1.29, 1.82) is 0 Å². The summed E-state index contributed by atoms with van der Waals surface area (Å²) in [4.78, 5) is 24.8. The number of carbonyl (C=O) groups is 2. The Bertz CT molecular complexity index is 266. The lowest BCUT2D eigenvalue weighted by Crippen LogP contribution is -2.51. The number of ether oxygens (including phenoxy) is 1. The largest absolute Gasteiger partial charge is 0.468 e. The van der Waals surface area contributed by atoms with Gasteiger partial charge >= 0.3 is 5.97 Å². The Morgan fingerprint density at radius 3 is 2.18 bits per heavy atom. The molecule has 17 heavy (non-hydrogen) atoms. The van der Waals surface area contributed by atoms with Gasteiger partial charge in [-0.15, -0.1) is 0 Å². The molecule has 0 aromatic rings. The summed E-state index contributed by atoms with van der Waals surface area (Å²) in [7, 11) is 1.31. The molecule has 0 bridgehead atoms. The number of hydrogen-bond donors (Lipinski definition) is 1. The average molecular weight is 244 g/mol. The molecule has 0 aromatic carbocycles. The topological polar surface area (TPSA) is 72.6 Å². The van der Waals surface area contributed by atoms with Crippen molar-refractivity contribution in [3.05, 3.63) is 0 Å². The van der Waals surface area contributed by atoms with Crippen molar-refractivity contribution in [2.75, 3.05) is 13.7 Å². The molecule has 0 aliphatic heterocycles. The summed E-state index contributed by atoms with van der Waals surface area (Å²) in [5, 5.41) is 0. The van der Waals surface area contributed by atoms with E-state index in [-0.39, 0.29) is 24.4 Å². The molecule has 0 aliphatic carbocycles. The van der Waals surface area contributed by atoms with Gasteiger partial charge in [-0.05, 0) is 19.8 Å². The number of rotatable bonds is 6. The third-order valence-electron chi connectivity index (χ3n) is 2.98. The summed E-state index contributed by atoms with van der Waals surface area (Å²) < 4.78 is 4.57. The molecular weight excluding hydrogens is 220 g/mol. The Labute approximate surface area is 103 Å². The Hall–Kier alpha value is -1.10. The fourth-order valence-corrected chi connectivity index (χ4v) is 1.41. The zero-order valence-corrected chi connectivity index (χ0v) is 11.4. The van der Waals surface area contributed by atoms with Crippen LogP contribution in [0.15, 0.2) is 0 Å². The maximum Gasteiger partial charge on any atom is 0.325 e. The molecule has 2 atom stereocenters. The van der Waals surface area contributed by atoms with Gasteiger partial charge in [-0.2, -0.15) is 0 Å². The first-order valence-corrected chi connectivity index (χ1v) is 5.97. The molecule has 100 valence electrons. The lowest BCUT2D eigenvalue weighted by atomic mass is 9.98. The van der Waals surface area contributed by atoms with Crippen LogP contribution in [0, 0.1) is 5.92 Å². The molecule has 0 unspecified atom stereocenters. The molecular formula is C12H24N2O3. The van der Waals surface area contributed by atoms with E-state index in [0.29, 0.717) is 0 Å². The highest BCUT2D eigenvalue weighted by Gasteiger charge is 2.28. The van der Waals surface area contributed by atoms with Crippen molar-refractivity contribution in [1.82, 2.24) is 4.90 Å².